The maximum absolute atomic E-state index is 9.02. The summed E-state index contributed by atoms with van der Waals surface area (Å²) in [6.45, 7) is 11.5. The molecule has 0 saturated heterocycles. The number of hydrogen-bond donors (Lipinski definition) is 0. The lowest BCUT2D eigenvalue weighted by Crippen LogP contribution is -2.35. The molecule has 0 radical (unpaired) electrons. The molecule has 3 nitrogen and oxygen atoms in total. The Morgan fingerprint density at radius 3 is 2.46 bits per heavy atom. The van der Waals surface area contributed by atoms with Gasteiger partial charge in [-0.25, -0.2) is 4.85 Å². The van der Waals surface area contributed by atoms with Gasteiger partial charge in [-0.1, -0.05) is 38.0 Å². The number of fused-ring (bicyclic) bond motifs is 3. The average molecular weight is 376 g/mol. The van der Waals surface area contributed by atoms with Gasteiger partial charge in [-0.2, -0.15) is 4.57 Å². The van der Waals surface area contributed by atoms with Crippen LogP contribution < -0.4 is 4.57 Å². The molecule has 2 aromatic heterocycles. The van der Waals surface area contributed by atoms with Crippen molar-refractivity contribution in [2.24, 2.45) is 7.05 Å². The second kappa shape index (κ2) is 6.49. The third kappa shape index (κ3) is 2.60. The molecule has 2 aromatic carbocycles. The molecule has 0 N–H and O–H groups in total. The Morgan fingerprint density at radius 1 is 1.11 bits per heavy atom. The van der Waals surface area contributed by atoms with Gasteiger partial charge in [0.25, 0.3) is 0 Å². The summed E-state index contributed by atoms with van der Waals surface area (Å²) < 4.78 is 57.9. The predicted molar refractivity (Wildman–Crippen MR) is 115 cm³/mol. The zero-order valence-corrected chi connectivity index (χ0v) is 16.6. The lowest BCUT2D eigenvalue weighted by Gasteiger charge is -2.11. The van der Waals surface area contributed by atoms with Crippen molar-refractivity contribution in [1.29, 1.82) is 0 Å². The van der Waals surface area contributed by atoms with Gasteiger partial charge in [0.1, 0.15) is 18.2 Å². The first-order valence-electron chi connectivity index (χ1n) is 12.1. The summed E-state index contributed by atoms with van der Waals surface area (Å²) in [5.41, 5.74) is 4.21. The van der Waals surface area contributed by atoms with Crippen molar-refractivity contribution in [2.45, 2.75) is 40.4 Å². The van der Waals surface area contributed by atoms with Crippen LogP contribution in [0, 0.1) is 27.3 Å². The normalized spacial score (nSPS) is 17.1. The maximum atomic E-state index is 9.02. The smallest absolute Gasteiger partial charge is 0.232 e. The van der Waals surface area contributed by atoms with Crippen LogP contribution in [-0.2, 0) is 7.05 Å². The quantitative estimate of drug-likeness (QED) is 0.283. The molecule has 3 heteroatoms. The van der Waals surface area contributed by atoms with Gasteiger partial charge in [0.15, 0.2) is 5.69 Å². The van der Waals surface area contributed by atoms with E-state index in [0.717, 1.165) is 21.9 Å². The van der Waals surface area contributed by atoms with Crippen LogP contribution in [0.1, 0.15) is 50.3 Å². The number of furan rings is 1. The SMILES string of the molecule is [2H]c1c(C([2H])(C)C([2H])([2H])[2H])c([2H])c(-c2c(C)ccc3c2oc2c([N+]#[C-])c(C)ccc23)[n+](C)c1C. The highest BCUT2D eigenvalue weighted by atomic mass is 16.3. The van der Waals surface area contributed by atoms with E-state index in [0.29, 0.717) is 33.8 Å². The minimum absolute atomic E-state index is 0.134. The third-order valence-corrected chi connectivity index (χ3v) is 5.30. The summed E-state index contributed by atoms with van der Waals surface area (Å²) in [7, 11) is 1.72. The molecule has 1 unspecified atom stereocenters. The molecule has 28 heavy (non-hydrogen) atoms. The van der Waals surface area contributed by atoms with Crippen molar-refractivity contribution >= 4 is 27.6 Å². The van der Waals surface area contributed by atoms with Gasteiger partial charge in [-0.05, 0) is 36.4 Å². The zero-order chi connectivity index (χ0) is 25.3. The fraction of sp³-hybridized carbons (Fsp3) is 0.280. The average Bonchev–Trinajstić information content (AvgIpc) is 3.11. The molecule has 0 saturated carbocycles. The molecule has 140 valence electrons. The van der Waals surface area contributed by atoms with Crippen LogP contribution in [0.25, 0.3) is 38.0 Å². The second-order valence-corrected chi connectivity index (χ2v) is 7.20. The van der Waals surface area contributed by atoms with E-state index < -0.39 is 12.7 Å². The first-order chi connectivity index (χ1) is 15.7. The summed E-state index contributed by atoms with van der Waals surface area (Å²) in [6.07, 6.45) is 0. The van der Waals surface area contributed by atoms with Crippen molar-refractivity contribution in [2.75, 3.05) is 0 Å². The van der Waals surface area contributed by atoms with E-state index in [1.807, 2.05) is 38.1 Å². The van der Waals surface area contributed by atoms with Crippen molar-refractivity contribution in [1.82, 2.24) is 0 Å². The molecule has 0 aliphatic rings. The Hall–Kier alpha value is -3.12. The molecular formula is C25H25N2O+. The van der Waals surface area contributed by atoms with Crippen molar-refractivity contribution in [3.63, 3.8) is 0 Å². The molecule has 1 atom stereocenters. The highest BCUT2D eigenvalue weighted by Crippen LogP contribution is 2.41. The number of aromatic nitrogens is 1. The first-order valence-corrected chi connectivity index (χ1v) is 9.07. The second-order valence-electron chi connectivity index (χ2n) is 7.20. The third-order valence-electron chi connectivity index (χ3n) is 5.30. The monoisotopic (exact) mass is 375 g/mol. The summed E-state index contributed by atoms with van der Waals surface area (Å²) in [6, 6.07) is 7.27. The Morgan fingerprint density at radius 2 is 1.79 bits per heavy atom. The van der Waals surface area contributed by atoms with E-state index in [2.05, 4.69) is 4.85 Å². The van der Waals surface area contributed by atoms with E-state index in [9.17, 15) is 0 Å². The molecule has 0 fully saturated rings. The van der Waals surface area contributed by atoms with E-state index in [1.165, 1.54) is 6.92 Å². The molecule has 4 rings (SSSR count). The van der Waals surface area contributed by atoms with Crippen LogP contribution in [-0.4, -0.2) is 0 Å². The summed E-state index contributed by atoms with van der Waals surface area (Å²) in [5.74, 6) is -2.15. The van der Waals surface area contributed by atoms with E-state index in [1.54, 1.807) is 18.5 Å². The number of aryl methyl sites for hydroxylation is 2. The first kappa shape index (κ1) is 12.4. The number of pyridine rings is 1. The standard InChI is InChI=1S/C25H25N2O/c1-14(2)18-12-17(5)27(7)21(13-18)22-15(3)8-10-19-20-11-9-16(4)23(26-6)25(20)28-24(19)22/h8-14H,1-5,7H3/q+1/i1D3,12D,13D,14D. The number of hydrogen-bond acceptors (Lipinski definition) is 1. The molecule has 2 heterocycles. The summed E-state index contributed by atoms with van der Waals surface area (Å²) in [4.78, 5) is 3.65. The highest BCUT2D eigenvalue weighted by Gasteiger charge is 2.24. The van der Waals surface area contributed by atoms with Crippen molar-refractivity contribution in [3.8, 4) is 11.3 Å². The van der Waals surface area contributed by atoms with Crippen LogP contribution in [0.4, 0.5) is 5.69 Å². The number of benzene rings is 2. The Labute approximate surface area is 174 Å². The van der Waals surface area contributed by atoms with Gasteiger partial charge in [0.2, 0.25) is 11.4 Å². The molecule has 4 aromatic rings. The van der Waals surface area contributed by atoms with Crippen molar-refractivity contribution < 1.29 is 17.2 Å². The van der Waals surface area contributed by atoms with Gasteiger partial charge in [0, 0.05) is 35.3 Å². The van der Waals surface area contributed by atoms with Crippen LogP contribution in [0.15, 0.2) is 40.8 Å². The van der Waals surface area contributed by atoms with E-state index >= 15 is 0 Å². The molecule has 0 aliphatic carbocycles. The molecule has 0 aliphatic heterocycles. The van der Waals surface area contributed by atoms with E-state index in [4.69, 9.17) is 19.2 Å². The maximum Gasteiger partial charge on any atom is 0.232 e. The lowest BCUT2D eigenvalue weighted by atomic mass is 9.96. The van der Waals surface area contributed by atoms with Crippen LogP contribution in [0.3, 0.4) is 0 Å². The summed E-state index contributed by atoms with van der Waals surface area (Å²) in [5, 5.41) is 1.56. The Bertz CT molecular complexity index is 1540. The fourth-order valence-electron chi connectivity index (χ4n) is 3.60. The van der Waals surface area contributed by atoms with Crippen LogP contribution in [0.5, 0.6) is 0 Å². The number of rotatable bonds is 2. The lowest BCUT2D eigenvalue weighted by molar-refractivity contribution is -0.666. The van der Waals surface area contributed by atoms with Crippen LogP contribution in [0.2, 0.25) is 0 Å². The highest BCUT2D eigenvalue weighted by molar-refractivity contribution is 6.13. The predicted octanol–water partition coefficient (Wildman–Crippen LogP) is 6.68. The molecule has 0 amide bonds. The molecule has 0 spiro atoms. The zero-order valence-electron chi connectivity index (χ0n) is 22.6. The minimum Gasteiger partial charge on any atom is -0.466 e. The van der Waals surface area contributed by atoms with E-state index in [-0.39, 0.29) is 17.6 Å². The topological polar surface area (TPSA) is 21.4 Å². The van der Waals surface area contributed by atoms with Gasteiger partial charge in [-0.3, -0.25) is 0 Å². The van der Waals surface area contributed by atoms with Gasteiger partial charge < -0.3 is 4.42 Å². The van der Waals surface area contributed by atoms with Gasteiger partial charge >= 0.3 is 0 Å². The fourth-order valence-corrected chi connectivity index (χ4v) is 3.60. The van der Waals surface area contributed by atoms with Crippen LogP contribution >= 0.6 is 0 Å². The largest absolute Gasteiger partial charge is 0.466 e. The Kier molecular flexibility index (Phi) is 2.87. The molecule has 0 bridgehead atoms. The Balaban J connectivity index is 2.21. The molecular weight excluding hydrogens is 344 g/mol. The van der Waals surface area contributed by atoms with Gasteiger partial charge in [0.05, 0.1) is 14.9 Å². The number of nitrogens with zero attached hydrogens (tertiary/aromatic N) is 2. The minimum atomic E-state index is -2.73. The van der Waals surface area contributed by atoms with Gasteiger partial charge in [-0.15, -0.1) is 0 Å². The summed E-state index contributed by atoms with van der Waals surface area (Å²) >= 11 is 0. The van der Waals surface area contributed by atoms with Crippen molar-refractivity contribution in [3.05, 3.63) is 70.2 Å².